The van der Waals surface area contributed by atoms with E-state index in [1.165, 1.54) is 12.1 Å². The lowest BCUT2D eigenvalue weighted by atomic mass is 10.1. The Morgan fingerprint density at radius 3 is 2.54 bits per heavy atom. The molecule has 0 saturated carbocycles. The van der Waals surface area contributed by atoms with Gasteiger partial charge in [-0.1, -0.05) is 0 Å². The zero-order valence-electron chi connectivity index (χ0n) is 12.3. The smallest absolute Gasteiger partial charge is 0.236 e. The van der Waals surface area contributed by atoms with E-state index in [2.05, 4.69) is 30.9 Å². The maximum atomic E-state index is 13.3. The molecule has 0 spiro atoms. The van der Waals surface area contributed by atoms with Crippen molar-refractivity contribution >= 4 is 27.5 Å². The van der Waals surface area contributed by atoms with Gasteiger partial charge in [0.05, 0.1) is 11.4 Å². The molecule has 2 N–H and O–H groups in total. The quantitative estimate of drug-likeness (QED) is 0.532. The number of pyridine rings is 1. The highest BCUT2D eigenvalue weighted by atomic mass is 79.9. The number of rotatable bonds is 2. The average molecular weight is 384 g/mol. The van der Waals surface area contributed by atoms with E-state index < -0.39 is 0 Å². The van der Waals surface area contributed by atoms with Crippen molar-refractivity contribution in [2.45, 2.75) is 0 Å². The zero-order chi connectivity index (χ0) is 16.7. The highest BCUT2D eigenvalue weighted by Gasteiger charge is 2.17. The lowest BCUT2D eigenvalue weighted by Crippen LogP contribution is -1.95. The number of hydrogen-bond donors (Lipinski definition) is 1. The van der Waals surface area contributed by atoms with Gasteiger partial charge in [-0.05, 0) is 58.4 Å². The number of hydrogen-bond acceptors (Lipinski definition) is 4. The minimum Gasteiger partial charge on any atom is -0.384 e. The molecule has 0 unspecified atom stereocenters. The Morgan fingerprint density at radius 1 is 1.00 bits per heavy atom. The third-order valence-electron chi connectivity index (χ3n) is 3.63. The Bertz CT molecular complexity index is 1040. The summed E-state index contributed by atoms with van der Waals surface area (Å²) in [5.74, 6) is 0.580. The van der Waals surface area contributed by atoms with Gasteiger partial charge in [-0.3, -0.25) is 4.40 Å². The summed E-state index contributed by atoms with van der Waals surface area (Å²) < 4.78 is 15.8. The van der Waals surface area contributed by atoms with Crippen molar-refractivity contribution in [1.29, 1.82) is 0 Å². The van der Waals surface area contributed by atoms with E-state index in [4.69, 9.17) is 5.73 Å². The van der Waals surface area contributed by atoms with Gasteiger partial charge in [0.15, 0.2) is 0 Å². The van der Waals surface area contributed by atoms with E-state index in [1.54, 1.807) is 24.4 Å². The van der Waals surface area contributed by atoms with Crippen LogP contribution in [0.1, 0.15) is 0 Å². The molecule has 0 bridgehead atoms. The standard InChI is InChI=1S/C17H11BrFN5/c18-13-9-11(5-7-21-13)16-15(10-1-3-12(19)4-2-10)23-17-22-14(20)6-8-24(16)17/h1-9H,(H2,20,22,23). The number of fused-ring (bicyclic) bond motifs is 1. The molecule has 4 rings (SSSR count). The molecule has 0 atom stereocenters. The van der Waals surface area contributed by atoms with Crippen LogP contribution < -0.4 is 5.73 Å². The van der Waals surface area contributed by atoms with Gasteiger partial charge in [0.2, 0.25) is 5.78 Å². The summed E-state index contributed by atoms with van der Waals surface area (Å²) in [6.07, 6.45) is 3.53. The first-order valence-corrected chi connectivity index (χ1v) is 7.93. The van der Waals surface area contributed by atoms with Gasteiger partial charge in [0.25, 0.3) is 0 Å². The fourth-order valence-electron chi connectivity index (χ4n) is 2.58. The number of halogens is 2. The van der Waals surface area contributed by atoms with E-state index in [0.717, 1.165) is 16.8 Å². The Hall–Kier alpha value is -2.80. The average Bonchev–Trinajstić information content (AvgIpc) is 2.94. The number of imidazole rings is 1. The van der Waals surface area contributed by atoms with Crippen molar-refractivity contribution in [2.24, 2.45) is 0 Å². The molecule has 1 aromatic carbocycles. The SMILES string of the molecule is Nc1ccn2c(-c3ccnc(Br)c3)c(-c3ccc(F)cc3)nc2n1. The molecular formula is C17H11BrFN5. The third-order valence-corrected chi connectivity index (χ3v) is 4.07. The molecule has 0 fully saturated rings. The van der Waals surface area contributed by atoms with Gasteiger partial charge in [-0.2, -0.15) is 4.98 Å². The van der Waals surface area contributed by atoms with E-state index in [1.807, 2.05) is 22.7 Å². The second kappa shape index (κ2) is 5.68. The summed E-state index contributed by atoms with van der Waals surface area (Å²) >= 11 is 3.39. The molecule has 5 nitrogen and oxygen atoms in total. The van der Waals surface area contributed by atoms with Crippen LogP contribution in [-0.2, 0) is 0 Å². The number of benzene rings is 1. The van der Waals surface area contributed by atoms with E-state index in [9.17, 15) is 4.39 Å². The van der Waals surface area contributed by atoms with Crippen LogP contribution in [0, 0.1) is 5.82 Å². The molecule has 0 aliphatic carbocycles. The van der Waals surface area contributed by atoms with Crippen LogP contribution in [0.25, 0.3) is 28.3 Å². The van der Waals surface area contributed by atoms with Gasteiger partial charge in [0.1, 0.15) is 16.2 Å². The Kier molecular flexibility index (Phi) is 3.50. The number of anilines is 1. The first-order chi connectivity index (χ1) is 11.6. The molecule has 7 heteroatoms. The fourth-order valence-corrected chi connectivity index (χ4v) is 2.94. The van der Waals surface area contributed by atoms with Crippen molar-refractivity contribution < 1.29 is 4.39 Å². The molecule has 0 saturated heterocycles. The minimum atomic E-state index is -0.293. The maximum absolute atomic E-state index is 13.3. The van der Waals surface area contributed by atoms with Crippen molar-refractivity contribution in [1.82, 2.24) is 19.4 Å². The predicted octanol–water partition coefficient (Wildman–Crippen LogP) is 3.94. The largest absolute Gasteiger partial charge is 0.384 e. The van der Waals surface area contributed by atoms with Crippen molar-refractivity contribution in [2.75, 3.05) is 5.73 Å². The highest BCUT2D eigenvalue weighted by molar-refractivity contribution is 9.10. The number of nitrogens with zero attached hydrogens (tertiary/aromatic N) is 4. The third kappa shape index (κ3) is 2.52. The Morgan fingerprint density at radius 2 is 1.79 bits per heavy atom. The van der Waals surface area contributed by atoms with Crippen LogP contribution in [0.3, 0.4) is 0 Å². The molecule has 118 valence electrons. The Balaban J connectivity index is 2.05. The summed E-state index contributed by atoms with van der Waals surface area (Å²) in [7, 11) is 0. The molecule has 0 radical (unpaired) electrons. The minimum absolute atomic E-state index is 0.293. The molecule has 3 heterocycles. The summed E-state index contributed by atoms with van der Waals surface area (Å²) in [5, 5.41) is 0. The second-order valence-corrected chi connectivity index (χ2v) is 6.02. The molecule has 0 amide bonds. The van der Waals surface area contributed by atoms with E-state index in [-0.39, 0.29) is 5.82 Å². The molecule has 4 aromatic rings. The monoisotopic (exact) mass is 383 g/mol. The second-order valence-electron chi connectivity index (χ2n) is 5.21. The van der Waals surface area contributed by atoms with Crippen LogP contribution in [0.5, 0.6) is 0 Å². The fraction of sp³-hybridized carbons (Fsp3) is 0. The topological polar surface area (TPSA) is 69.1 Å². The van der Waals surface area contributed by atoms with Gasteiger partial charge < -0.3 is 5.73 Å². The van der Waals surface area contributed by atoms with Crippen LogP contribution in [0.2, 0.25) is 0 Å². The van der Waals surface area contributed by atoms with Crippen molar-refractivity contribution in [3.63, 3.8) is 0 Å². The lowest BCUT2D eigenvalue weighted by Gasteiger charge is -2.06. The summed E-state index contributed by atoms with van der Waals surface area (Å²) in [5.41, 5.74) is 9.02. The van der Waals surface area contributed by atoms with Crippen LogP contribution in [0.15, 0.2) is 59.5 Å². The van der Waals surface area contributed by atoms with Crippen LogP contribution in [-0.4, -0.2) is 19.4 Å². The molecule has 0 aliphatic heterocycles. The number of aromatic nitrogens is 4. The van der Waals surface area contributed by atoms with Crippen LogP contribution >= 0.6 is 15.9 Å². The maximum Gasteiger partial charge on any atom is 0.236 e. The van der Waals surface area contributed by atoms with Gasteiger partial charge in [-0.15, -0.1) is 0 Å². The van der Waals surface area contributed by atoms with Gasteiger partial charge in [-0.25, -0.2) is 14.4 Å². The summed E-state index contributed by atoms with van der Waals surface area (Å²) in [4.78, 5) is 13.0. The van der Waals surface area contributed by atoms with Gasteiger partial charge >= 0.3 is 0 Å². The molecular weight excluding hydrogens is 373 g/mol. The van der Waals surface area contributed by atoms with Crippen LogP contribution in [0.4, 0.5) is 10.2 Å². The van der Waals surface area contributed by atoms with Crippen molar-refractivity contribution in [3.8, 4) is 22.5 Å². The predicted molar refractivity (Wildman–Crippen MR) is 93.7 cm³/mol. The number of nitrogens with two attached hydrogens (primary N) is 1. The molecule has 3 aromatic heterocycles. The molecule has 0 aliphatic rings. The molecule has 24 heavy (non-hydrogen) atoms. The number of nitrogen functional groups attached to an aromatic ring is 1. The normalized spacial score (nSPS) is 11.1. The van der Waals surface area contributed by atoms with Crippen molar-refractivity contribution in [3.05, 3.63) is 65.3 Å². The highest BCUT2D eigenvalue weighted by Crippen LogP contribution is 2.33. The first-order valence-electron chi connectivity index (χ1n) is 7.14. The summed E-state index contributed by atoms with van der Waals surface area (Å²) in [6.45, 7) is 0. The Labute approximate surface area is 145 Å². The van der Waals surface area contributed by atoms with E-state index >= 15 is 0 Å². The lowest BCUT2D eigenvalue weighted by molar-refractivity contribution is 0.628. The van der Waals surface area contributed by atoms with E-state index in [0.29, 0.717) is 21.9 Å². The van der Waals surface area contributed by atoms with Gasteiger partial charge in [0, 0.05) is 23.5 Å². The first kappa shape index (κ1) is 14.8. The zero-order valence-corrected chi connectivity index (χ0v) is 13.9. The summed E-state index contributed by atoms with van der Waals surface area (Å²) in [6, 6.07) is 11.7.